The van der Waals surface area contributed by atoms with Crippen LogP contribution in [0.3, 0.4) is 0 Å². The summed E-state index contributed by atoms with van der Waals surface area (Å²) in [7, 11) is 0. The number of benzene rings is 1. The van der Waals surface area contributed by atoms with Gasteiger partial charge in [-0.2, -0.15) is 0 Å². The van der Waals surface area contributed by atoms with Crippen molar-refractivity contribution in [1.29, 1.82) is 0 Å². The lowest BCUT2D eigenvalue weighted by Crippen LogP contribution is -2.25. The molecule has 0 fully saturated rings. The molecule has 1 N–H and O–H groups in total. The minimum atomic E-state index is -0.253. The maximum atomic E-state index is 12.8. The molecule has 1 aromatic carbocycles. The molecule has 3 aromatic rings. The van der Waals surface area contributed by atoms with Crippen LogP contribution in [-0.2, 0) is 6.42 Å². The average molecular weight is 332 g/mol. The number of aromatic nitrogens is 1. The van der Waals surface area contributed by atoms with E-state index in [9.17, 15) is 9.18 Å². The number of nitrogens with one attached hydrogen (secondary N) is 1. The molecule has 3 nitrogen and oxygen atoms in total. The van der Waals surface area contributed by atoms with Gasteiger partial charge in [-0.1, -0.05) is 18.2 Å². The highest BCUT2D eigenvalue weighted by molar-refractivity contribution is 7.20. The number of thiophene rings is 1. The molecule has 1 amide bonds. The molecule has 0 saturated heterocycles. The highest BCUT2D eigenvalue weighted by Gasteiger charge is 2.11. The van der Waals surface area contributed by atoms with E-state index >= 15 is 0 Å². The van der Waals surface area contributed by atoms with E-state index in [4.69, 9.17) is 0 Å². The van der Waals surface area contributed by atoms with Gasteiger partial charge in [0, 0.05) is 11.9 Å². The zero-order chi connectivity index (χ0) is 15.4. The molecular formula is C16H13FN2OS2. The smallest absolute Gasteiger partial charge is 0.270 e. The molecule has 0 saturated carbocycles. The van der Waals surface area contributed by atoms with Crippen LogP contribution in [0.4, 0.5) is 4.39 Å². The van der Waals surface area contributed by atoms with Gasteiger partial charge in [-0.15, -0.1) is 22.7 Å². The van der Waals surface area contributed by atoms with E-state index in [1.807, 2.05) is 17.5 Å². The summed E-state index contributed by atoms with van der Waals surface area (Å²) in [6.45, 7) is 0.496. The van der Waals surface area contributed by atoms with Crippen molar-refractivity contribution in [2.75, 3.05) is 6.54 Å². The van der Waals surface area contributed by atoms with Crippen molar-refractivity contribution in [2.24, 2.45) is 0 Å². The number of hydrogen-bond acceptors (Lipinski definition) is 4. The summed E-state index contributed by atoms with van der Waals surface area (Å²) >= 11 is 3.07. The first-order valence-corrected chi connectivity index (χ1v) is 8.50. The van der Waals surface area contributed by atoms with E-state index in [1.165, 1.54) is 23.5 Å². The van der Waals surface area contributed by atoms with Crippen molar-refractivity contribution in [2.45, 2.75) is 6.42 Å². The molecule has 0 spiro atoms. The third-order valence-electron chi connectivity index (χ3n) is 3.08. The minimum Gasteiger partial charge on any atom is -0.350 e. The third-order valence-corrected chi connectivity index (χ3v) is 4.96. The molecular weight excluding hydrogens is 319 g/mol. The Morgan fingerprint density at radius 1 is 1.18 bits per heavy atom. The first-order valence-electron chi connectivity index (χ1n) is 6.74. The van der Waals surface area contributed by atoms with Gasteiger partial charge in [0.25, 0.3) is 5.91 Å². The van der Waals surface area contributed by atoms with Crippen molar-refractivity contribution in [1.82, 2.24) is 10.3 Å². The number of carbonyl (C=O) groups is 1. The SMILES string of the molecule is O=C(NCCc1ccc(F)cc1)c1csc(-c2cccs2)n1. The lowest BCUT2D eigenvalue weighted by Gasteiger charge is -2.03. The fraction of sp³-hybridized carbons (Fsp3) is 0.125. The van der Waals surface area contributed by atoms with Crippen LogP contribution in [0.5, 0.6) is 0 Å². The van der Waals surface area contributed by atoms with E-state index in [-0.39, 0.29) is 11.7 Å². The summed E-state index contributed by atoms with van der Waals surface area (Å²) in [4.78, 5) is 17.5. The molecule has 22 heavy (non-hydrogen) atoms. The monoisotopic (exact) mass is 332 g/mol. The fourth-order valence-electron chi connectivity index (χ4n) is 1.95. The van der Waals surface area contributed by atoms with Gasteiger partial charge in [-0.25, -0.2) is 9.37 Å². The first kappa shape index (κ1) is 14.9. The Hall–Kier alpha value is -2.05. The highest BCUT2D eigenvalue weighted by Crippen LogP contribution is 2.27. The van der Waals surface area contributed by atoms with Crippen LogP contribution < -0.4 is 5.32 Å². The highest BCUT2D eigenvalue weighted by atomic mass is 32.1. The second-order valence-electron chi connectivity index (χ2n) is 4.65. The number of nitrogens with zero attached hydrogens (tertiary/aromatic N) is 1. The van der Waals surface area contributed by atoms with E-state index in [0.717, 1.165) is 15.4 Å². The number of carbonyl (C=O) groups excluding carboxylic acids is 1. The Morgan fingerprint density at radius 2 is 2.00 bits per heavy atom. The Kier molecular flexibility index (Phi) is 4.60. The number of amides is 1. The van der Waals surface area contributed by atoms with Crippen molar-refractivity contribution >= 4 is 28.6 Å². The quantitative estimate of drug-likeness (QED) is 0.768. The zero-order valence-electron chi connectivity index (χ0n) is 11.6. The molecule has 0 aliphatic rings. The van der Waals surface area contributed by atoms with Gasteiger partial charge in [-0.05, 0) is 35.6 Å². The van der Waals surface area contributed by atoms with Gasteiger partial charge in [-0.3, -0.25) is 4.79 Å². The van der Waals surface area contributed by atoms with Crippen LogP contribution >= 0.6 is 22.7 Å². The van der Waals surface area contributed by atoms with Gasteiger partial charge in [0.2, 0.25) is 0 Å². The second kappa shape index (κ2) is 6.81. The van der Waals surface area contributed by atoms with Crippen molar-refractivity contribution in [3.8, 4) is 9.88 Å². The van der Waals surface area contributed by atoms with Crippen LogP contribution in [0.25, 0.3) is 9.88 Å². The van der Waals surface area contributed by atoms with E-state index < -0.39 is 0 Å². The summed E-state index contributed by atoms with van der Waals surface area (Å²) < 4.78 is 12.8. The normalized spacial score (nSPS) is 10.6. The van der Waals surface area contributed by atoms with Crippen LogP contribution in [0.1, 0.15) is 16.1 Å². The topological polar surface area (TPSA) is 42.0 Å². The minimum absolute atomic E-state index is 0.179. The standard InChI is InChI=1S/C16H13FN2OS2/c17-12-5-3-11(4-6-12)7-8-18-15(20)13-10-22-16(19-13)14-2-1-9-21-14/h1-6,9-10H,7-8H2,(H,18,20). The number of rotatable bonds is 5. The fourth-order valence-corrected chi connectivity index (χ4v) is 3.57. The summed E-state index contributed by atoms with van der Waals surface area (Å²) in [6, 6.07) is 10.2. The third kappa shape index (κ3) is 3.58. The molecule has 2 heterocycles. The van der Waals surface area contributed by atoms with Crippen molar-refractivity contribution in [3.63, 3.8) is 0 Å². The van der Waals surface area contributed by atoms with Crippen molar-refractivity contribution < 1.29 is 9.18 Å². The molecule has 6 heteroatoms. The zero-order valence-corrected chi connectivity index (χ0v) is 13.2. The van der Waals surface area contributed by atoms with Crippen molar-refractivity contribution in [3.05, 3.63) is 64.2 Å². The van der Waals surface area contributed by atoms with Gasteiger partial charge >= 0.3 is 0 Å². The molecule has 0 atom stereocenters. The predicted molar refractivity (Wildman–Crippen MR) is 87.9 cm³/mol. The van der Waals surface area contributed by atoms with Crippen LogP contribution in [-0.4, -0.2) is 17.4 Å². The van der Waals surface area contributed by atoms with E-state index in [1.54, 1.807) is 28.8 Å². The molecule has 0 aliphatic carbocycles. The Bertz CT molecular complexity index is 751. The van der Waals surface area contributed by atoms with E-state index in [0.29, 0.717) is 18.7 Å². The summed E-state index contributed by atoms with van der Waals surface area (Å²) in [5.74, 6) is -0.433. The Morgan fingerprint density at radius 3 is 2.73 bits per heavy atom. The summed E-state index contributed by atoms with van der Waals surface area (Å²) in [5, 5.41) is 7.45. The van der Waals surface area contributed by atoms with Crippen LogP contribution in [0.15, 0.2) is 47.2 Å². The Balaban J connectivity index is 1.55. The maximum Gasteiger partial charge on any atom is 0.270 e. The van der Waals surface area contributed by atoms with Gasteiger partial charge in [0.15, 0.2) is 0 Å². The Labute approximate surface area is 135 Å². The van der Waals surface area contributed by atoms with Crippen LogP contribution in [0.2, 0.25) is 0 Å². The molecule has 0 unspecified atom stereocenters. The van der Waals surface area contributed by atoms with E-state index in [2.05, 4.69) is 10.3 Å². The maximum absolute atomic E-state index is 12.8. The largest absolute Gasteiger partial charge is 0.350 e. The van der Waals surface area contributed by atoms with Gasteiger partial charge in [0.05, 0.1) is 4.88 Å². The number of hydrogen-bond donors (Lipinski definition) is 1. The molecule has 3 rings (SSSR count). The average Bonchev–Trinajstić information content (AvgIpc) is 3.20. The lowest BCUT2D eigenvalue weighted by atomic mass is 10.1. The van der Waals surface area contributed by atoms with Crippen LogP contribution in [0, 0.1) is 5.82 Å². The van der Waals surface area contributed by atoms with Gasteiger partial charge < -0.3 is 5.32 Å². The summed E-state index contributed by atoms with van der Waals surface area (Å²) in [6.07, 6.45) is 0.661. The lowest BCUT2D eigenvalue weighted by molar-refractivity contribution is 0.0950. The number of thiazole rings is 1. The molecule has 0 radical (unpaired) electrons. The van der Waals surface area contributed by atoms with Gasteiger partial charge in [0.1, 0.15) is 16.5 Å². The molecule has 112 valence electrons. The number of halogens is 1. The predicted octanol–water partition coefficient (Wildman–Crippen LogP) is 3.98. The second-order valence-corrected chi connectivity index (χ2v) is 6.45. The summed E-state index contributed by atoms with van der Waals surface area (Å²) in [5.41, 5.74) is 1.42. The molecule has 0 bridgehead atoms. The molecule has 0 aliphatic heterocycles. The first-order chi connectivity index (χ1) is 10.7. The molecule has 2 aromatic heterocycles.